The first-order valence-electron chi connectivity index (χ1n) is 8.28. The molecule has 132 valence electrons. The minimum Gasteiger partial charge on any atom is -0.465 e. The van der Waals surface area contributed by atoms with Gasteiger partial charge in [-0.25, -0.2) is 9.59 Å². The van der Waals surface area contributed by atoms with Crippen molar-refractivity contribution in [1.29, 1.82) is 0 Å². The summed E-state index contributed by atoms with van der Waals surface area (Å²) in [6.07, 6.45) is 3.84. The van der Waals surface area contributed by atoms with E-state index in [1.165, 1.54) is 13.2 Å². The summed E-state index contributed by atoms with van der Waals surface area (Å²) in [5, 5.41) is 0. The van der Waals surface area contributed by atoms with Crippen molar-refractivity contribution < 1.29 is 19.1 Å². The second-order valence-electron chi connectivity index (χ2n) is 5.57. The monoisotopic (exact) mass is 349 g/mol. The number of aromatic nitrogens is 1. The molecule has 5 nitrogen and oxygen atoms in total. The lowest BCUT2D eigenvalue weighted by Crippen LogP contribution is -2.09. The van der Waals surface area contributed by atoms with Crippen molar-refractivity contribution in [3.8, 4) is 0 Å². The van der Waals surface area contributed by atoms with E-state index in [0.29, 0.717) is 11.1 Å². The quantitative estimate of drug-likeness (QED) is 0.652. The Kier molecular flexibility index (Phi) is 5.17. The molecule has 0 bridgehead atoms. The van der Waals surface area contributed by atoms with Gasteiger partial charge >= 0.3 is 11.9 Å². The van der Waals surface area contributed by atoms with Crippen molar-refractivity contribution >= 4 is 29.6 Å². The van der Waals surface area contributed by atoms with E-state index in [1.54, 1.807) is 17.4 Å². The fraction of sp³-hybridized carbons (Fsp3) is 0.143. The van der Waals surface area contributed by atoms with Crippen LogP contribution in [0.15, 0.2) is 54.6 Å². The molecule has 0 aliphatic carbocycles. The van der Waals surface area contributed by atoms with Crippen molar-refractivity contribution in [2.45, 2.75) is 6.92 Å². The average molecular weight is 349 g/mol. The SMILES string of the molecule is CCOC(=O)c1cc(C(=O)OC)c2cccc(/C=C/c3ccccc3)n12. The topological polar surface area (TPSA) is 57.0 Å². The van der Waals surface area contributed by atoms with Gasteiger partial charge in [0.25, 0.3) is 0 Å². The highest BCUT2D eigenvalue weighted by Gasteiger charge is 2.21. The number of hydrogen-bond donors (Lipinski definition) is 0. The largest absolute Gasteiger partial charge is 0.465 e. The number of ether oxygens (including phenoxy) is 2. The first-order valence-corrected chi connectivity index (χ1v) is 8.28. The van der Waals surface area contributed by atoms with Crippen molar-refractivity contribution in [2.24, 2.45) is 0 Å². The zero-order chi connectivity index (χ0) is 18.5. The molecule has 0 aliphatic rings. The zero-order valence-corrected chi connectivity index (χ0v) is 14.6. The van der Waals surface area contributed by atoms with Gasteiger partial charge in [0.1, 0.15) is 5.69 Å². The van der Waals surface area contributed by atoms with E-state index in [9.17, 15) is 9.59 Å². The smallest absolute Gasteiger partial charge is 0.355 e. The fourth-order valence-electron chi connectivity index (χ4n) is 2.78. The van der Waals surface area contributed by atoms with Gasteiger partial charge < -0.3 is 13.9 Å². The van der Waals surface area contributed by atoms with E-state index in [2.05, 4.69) is 0 Å². The van der Waals surface area contributed by atoms with Crippen LogP contribution in [0, 0.1) is 0 Å². The molecule has 0 saturated heterocycles. The van der Waals surface area contributed by atoms with E-state index in [1.807, 2.05) is 54.6 Å². The van der Waals surface area contributed by atoms with Gasteiger partial charge in [0.15, 0.2) is 0 Å². The van der Waals surface area contributed by atoms with Gasteiger partial charge in [0, 0.05) is 5.69 Å². The highest BCUT2D eigenvalue weighted by molar-refractivity contribution is 6.02. The number of benzene rings is 1. The van der Waals surface area contributed by atoms with Crippen LogP contribution >= 0.6 is 0 Å². The number of pyridine rings is 1. The molecule has 0 saturated carbocycles. The molecule has 0 amide bonds. The Morgan fingerprint density at radius 3 is 2.46 bits per heavy atom. The second-order valence-corrected chi connectivity index (χ2v) is 5.57. The molecule has 3 rings (SSSR count). The molecule has 0 aliphatic heterocycles. The van der Waals surface area contributed by atoms with Crippen molar-refractivity contribution in [3.63, 3.8) is 0 Å². The van der Waals surface area contributed by atoms with Gasteiger partial charge in [-0.1, -0.05) is 42.5 Å². The van der Waals surface area contributed by atoms with Gasteiger partial charge in [0.2, 0.25) is 0 Å². The van der Waals surface area contributed by atoms with Crippen LogP contribution in [0.1, 0.15) is 39.0 Å². The van der Waals surface area contributed by atoms with Gasteiger partial charge in [-0.2, -0.15) is 0 Å². The standard InChI is InChI=1S/C21H19NO4/c1-3-26-21(24)19-14-17(20(23)25-2)18-11-7-10-16(22(18)19)13-12-15-8-5-4-6-9-15/h4-14H,3H2,1-2H3/b13-12+. The molecule has 1 aromatic carbocycles. The Bertz CT molecular complexity index is 970. The summed E-state index contributed by atoms with van der Waals surface area (Å²) in [6, 6.07) is 16.8. The summed E-state index contributed by atoms with van der Waals surface area (Å²) in [5.41, 5.74) is 2.99. The molecule has 5 heteroatoms. The Morgan fingerprint density at radius 2 is 1.77 bits per heavy atom. The Balaban J connectivity index is 2.17. The number of hydrogen-bond acceptors (Lipinski definition) is 4. The minimum atomic E-state index is -0.498. The van der Waals surface area contributed by atoms with E-state index in [-0.39, 0.29) is 12.3 Å². The van der Waals surface area contributed by atoms with Crippen LogP contribution in [0.25, 0.3) is 17.7 Å². The zero-order valence-electron chi connectivity index (χ0n) is 14.6. The summed E-state index contributed by atoms with van der Waals surface area (Å²) in [5.74, 6) is -0.986. The predicted octanol–water partition coefficient (Wildman–Crippen LogP) is 4.07. The molecule has 26 heavy (non-hydrogen) atoms. The molecule has 2 aromatic heterocycles. The molecular formula is C21H19NO4. The van der Waals surface area contributed by atoms with E-state index < -0.39 is 11.9 Å². The van der Waals surface area contributed by atoms with Crippen LogP contribution in [0.4, 0.5) is 0 Å². The van der Waals surface area contributed by atoms with Crippen molar-refractivity contribution in [2.75, 3.05) is 13.7 Å². The lowest BCUT2D eigenvalue weighted by atomic mass is 10.2. The van der Waals surface area contributed by atoms with Crippen LogP contribution in [0.5, 0.6) is 0 Å². The van der Waals surface area contributed by atoms with Gasteiger partial charge in [0.05, 0.1) is 24.8 Å². The van der Waals surface area contributed by atoms with Crippen LogP contribution in [0.2, 0.25) is 0 Å². The predicted molar refractivity (Wildman–Crippen MR) is 100 cm³/mol. The molecule has 0 radical (unpaired) electrons. The number of rotatable bonds is 5. The van der Waals surface area contributed by atoms with E-state index in [4.69, 9.17) is 9.47 Å². The van der Waals surface area contributed by atoms with E-state index in [0.717, 1.165) is 11.3 Å². The van der Waals surface area contributed by atoms with Gasteiger partial charge in [-0.05, 0) is 36.8 Å². The summed E-state index contributed by atoms with van der Waals surface area (Å²) < 4.78 is 11.7. The van der Waals surface area contributed by atoms with Crippen LogP contribution in [0.3, 0.4) is 0 Å². The Morgan fingerprint density at radius 1 is 1.00 bits per heavy atom. The normalized spacial score (nSPS) is 11.0. The maximum atomic E-state index is 12.4. The molecule has 0 N–H and O–H groups in total. The number of esters is 2. The first-order chi connectivity index (χ1) is 12.7. The van der Waals surface area contributed by atoms with Gasteiger partial charge in [-0.15, -0.1) is 0 Å². The van der Waals surface area contributed by atoms with Gasteiger partial charge in [-0.3, -0.25) is 0 Å². The molecule has 0 atom stereocenters. The molecule has 0 unspecified atom stereocenters. The lowest BCUT2D eigenvalue weighted by Gasteiger charge is -2.07. The minimum absolute atomic E-state index is 0.252. The number of fused-ring (bicyclic) bond motifs is 1. The average Bonchev–Trinajstić information content (AvgIpc) is 3.07. The summed E-state index contributed by atoms with van der Waals surface area (Å²) >= 11 is 0. The van der Waals surface area contributed by atoms with E-state index >= 15 is 0 Å². The Hall–Kier alpha value is -3.34. The maximum absolute atomic E-state index is 12.4. The number of nitrogens with zero attached hydrogens (tertiary/aromatic N) is 1. The fourth-order valence-corrected chi connectivity index (χ4v) is 2.78. The third-order valence-corrected chi connectivity index (χ3v) is 3.95. The number of methoxy groups -OCH3 is 1. The molecule has 0 spiro atoms. The summed E-state index contributed by atoms with van der Waals surface area (Å²) in [7, 11) is 1.31. The third-order valence-electron chi connectivity index (χ3n) is 3.95. The Labute approximate surface area is 151 Å². The highest BCUT2D eigenvalue weighted by atomic mass is 16.5. The van der Waals surface area contributed by atoms with Crippen LogP contribution < -0.4 is 0 Å². The summed E-state index contributed by atoms with van der Waals surface area (Å²) in [6.45, 7) is 1.99. The van der Waals surface area contributed by atoms with Crippen molar-refractivity contribution in [1.82, 2.24) is 4.40 Å². The molecule has 2 heterocycles. The number of carbonyl (C=O) groups is 2. The highest BCUT2D eigenvalue weighted by Crippen LogP contribution is 2.22. The van der Waals surface area contributed by atoms with Crippen LogP contribution in [-0.2, 0) is 9.47 Å². The first kappa shape index (κ1) is 17.5. The third kappa shape index (κ3) is 3.37. The van der Waals surface area contributed by atoms with Crippen LogP contribution in [-0.4, -0.2) is 30.1 Å². The maximum Gasteiger partial charge on any atom is 0.355 e. The second kappa shape index (κ2) is 7.70. The molecular weight excluding hydrogens is 330 g/mol. The summed E-state index contributed by atoms with van der Waals surface area (Å²) in [4.78, 5) is 24.5. The molecule has 0 fully saturated rings. The number of carbonyl (C=O) groups excluding carboxylic acids is 2. The molecule has 3 aromatic rings. The lowest BCUT2D eigenvalue weighted by molar-refractivity contribution is 0.0518. The van der Waals surface area contributed by atoms with Crippen molar-refractivity contribution in [3.05, 3.63) is 77.1 Å².